The standard InChI is InChI=1S/C48H32O8/c1-2-18-34-33(17-1)49-35-19-3-4-20-36(35)51-39-23-7-8-24-40(39)53-43-27-11-12-28-44(43)55-47-31-15-16-32-48(47)56-46-30-14-13-29-45(46)54-42-26-10-9-25-41(42)52-38-22-6-5-21-37(38)50-34/h1-32H. The zero-order valence-corrected chi connectivity index (χ0v) is 29.7. The lowest BCUT2D eigenvalue weighted by molar-refractivity contribution is 0.359. The van der Waals surface area contributed by atoms with E-state index in [-0.39, 0.29) is 0 Å². The lowest BCUT2D eigenvalue weighted by Crippen LogP contribution is -1.97. The molecule has 1 aliphatic rings. The molecule has 0 saturated carbocycles. The van der Waals surface area contributed by atoms with Gasteiger partial charge in [0.2, 0.25) is 0 Å². The number of para-hydroxylation sites is 16. The summed E-state index contributed by atoms with van der Waals surface area (Å²) in [5.74, 6) is 7.39. The summed E-state index contributed by atoms with van der Waals surface area (Å²) in [7, 11) is 0. The molecule has 1 heterocycles. The fourth-order valence-corrected chi connectivity index (χ4v) is 5.90. The van der Waals surface area contributed by atoms with Gasteiger partial charge in [0.15, 0.2) is 92.0 Å². The molecule has 8 aromatic rings. The summed E-state index contributed by atoms with van der Waals surface area (Å²) in [5, 5.41) is 0. The van der Waals surface area contributed by atoms with Crippen molar-refractivity contribution in [3.8, 4) is 92.0 Å². The summed E-state index contributed by atoms with van der Waals surface area (Å²) in [6.45, 7) is 0. The molecule has 56 heavy (non-hydrogen) atoms. The summed E-state index contributed by atoms with van der Waals surface area (Å²) in [6, 6.07) is 59.2. The average Bonchev–Trinajstić information content (AvgIpc) is 3.23. The van der Waals surface area contributed by atoms with Gasteiger partial charge >= 0.3 is 0 Å². The Morgan fingerprint density at radius 1 is 0.125 bits per heavy atom. The van der Waals surface area contributed by atoms with Crippen molar-refractivity contribution in [2.75, 3.05) is 0 Å². The van der Waals surface area contributed by atoms with Crippen LogP contribution in [-0.2, 0) is 0 Å². The second kappa shape index (κ2) is 15.6. The first-order chi connectivity index (χ1) is 27.7. The molecule has 8 heteroatoms. The van der Waals surface area contributed by atoms with Crippen LogP contribution in [0.25, 0.3) is 0 Å². The van der Waals surface area contributed by atoms with Crippen LogP contribution in [0.4, 0.5) is 0 Å². The SMILES string of the molecule is c1ccc2c(c1)Oc1ccccc1Oc1ccccc1Oc1ccccc1Oc1ccccc1Oc1ccccc1Oc1ccccc1Oc1ccccc1O2. The Bertz CT molecular complexity index is 1920. The molecule has 0 aliphatic carbocycles. The molecule has 272 valence electrons. The molecule has 0 radical (unpaired) electrons. The molecule has 0 unspecified atom stereocenters. The monoisotopic (exact) mass is 736 g/mol. The van der Waals surface area contributed by atoms with Crippen molar-refractivity contribution < 1.29 is 37.9 Å². The molecule has 9 rings (SSSR count). The summed E-state index contributed by atoms with van der Waals surface area (Å²) in [6.07, 6.45) is 0. The van der Waals surface area contributed by atoms with Crippen molar-refractivity contribution in [2.24, 2.45) is 0 Å². The average molecular weight is 737 g/mol. The van der Waals surface area contributed by atoms with Gasteiger partial charge in [0, 0.05) is 0 Å². The maximum atomic E-state index is 6.51. The van der Waals surface area contributed by atoms with Gasteiger partial charge in [-0.05, 0) is 97.1 Å². The smallest absolute Gasteiger partial charge is 0.170 e. The van der Waals surface area contributed by atoms with Crippen LogP contribution < -0.4 is 37.9 Å². The van der Waals surface area contributed by atoms with Crippen molar-refractivity contribution in [1.29, 1.82) is 0 Å². The Kier molecular flexibility index (Phi) is 9.48. The minimum atomic E-state index is 0.462. The van der Waals surface area contributed by atoms with Crippen molar-refractivity contribution in [2.45, 2.75) is 0 Å². The number of rotatable bonds is 0. The molecule has 0 saturated heterocycles. The van der Waals surface area contributed by atoms with Gasteiger partial charge in [-0.15, -0.1) is 0 Å². The fraction of sp³-hybridized carbons (Fsp3) is 0. The molecule has 0 N–H and O–H groups in total. The minimum absolute atomic E-state index is 0.462. The lowest BCUT2D eigenvalue weighted by Gasteiger charge is -2.19. The minimum Gasteiger partial charge on any atom is -0.450 e. The van der Waals surface area contributed by atoms with Gasteiger partial charge in [-0.3, -0.25) is 0 Å². The van der Waals surface area contributed by atoms with Crippen LogP contribution in [0.15, 0.2) is 194 Å². The van der Waals surface area contributed by atoms with E-state index >= 15 is 0 Å². The highest BCUT2D eigenvalue weighted by Crippen LogP contribution is 2.47. The Labute approximate surface area is 323 Å². The van der Waals surface area contributed by atoms with Gasteiger partial charge in [0.25, 0.3) is 0 Å². The topological polar surface area (TPSA) is 73.8 Å². The van der Waals surface area contributed by atoms with Gasteiger partial charge in [-0.1, -0.05) is 97.1 Å². The van der Waals surface area contributed by atoms with E-state index in [0.29, 0.717) is 92.0 Å². The van der Waals surface area contributed by atoms with Crippen LogP contribution in [0.1, 0.15) is 0 Å². The van der Waals surface area contributed by atoms with Gasteiger partial charge < -0.3 is 37.9 Å². The van der Waals surface area contributed by atoms with Crippen LogP contribution in [0, 0.1) is 0 Å². The van der Waals surface area contributed by atoms with Gasteiger partial charge in [0.1, 0.15) is 0 Å². The molecule has 0 amide bonds. The van der Waals surface area contributed by atoms with Gasteiger partial charge in [0.05, 0.1) is 0 Å². The van der Waals surface area contributed by atoms with Crippen molar-refractivity contribution in [3.05, 3.63) is 194 Å². The molecule has 0 fully saturated rings. The third-order valence-corrected chi connectivity index (χ3v) is 8.55. The number of benzene rings is 8. The van der Waals surface area contributed by atoms with Crippen molar-refractivity contribution in [3.63, 3.8) is 0 Å². The van der Waals surface area contributed by atoms with Crippen molar-refractivity contribution in [1.82, 2.24) is 0 Å². The third-order valence-electron chi connectivity index (χ3n) is 8.55. The maximum absolute atomic E-state index is 6.51. The van der Waals surface area contributed by atoms with E-state index in [1.165, 1.54) is 0 Å². The predicted octanol–water partition coefficient (Wildman–Crippen LogP) is 14.3. The summed E-state index contributed by atoms with van der Waals surface area (Å²) >= 11 is 0. The molecule has 8 nitrogen and oxygen atoms in total. The largest absolute Gasteiger partial charge is 0.450 e. The van der Waals surface area contributed by atoms with E-state index in [9.17, 15) is 0 Å². The first-order valence-corrected chi connectivity index (χ1v) is 17.9. The van der Waals surface area contributed by atoms with E-state index in [1.807, 2.05) is 194 Å². The number of hydrogen-bond donors (Lipinski definition) is 0. The quantitative estimate of drug-likeness (QED) is 0.152. The molecule has 0 atom stereocenters. The molecular weight excluding hydrogens is 705 g/mol. The van der Waals surface area contributed by atoms with E-state index in [1.54, 1.807) is 0 Å². The van der Waals surface area contributed by atoms with Crippen molar-refractivity contribution >= 4 is 0 Å². The highest BCUT2D eigenvalue weighted by atomic mass is 16.6. The maximum Gasteiger partial charge on any atom is 0.170 e. The summed E-state index contributed by atoms with van der Waals surface area (Å²) < 4.78 is 52.0. The van der Waals surface area contributed by atoms with Crippen LogP contribution in [-0.4, -0.2) is 0 Å². The van der Waals surface area contributed by atoms with Crippen LogP contribution >= 0.6 is 0 Å². The number of hydrogen-bond acceptors (Lipinski definition) is 8. The van der Waals surface area contributed by atoms with E-state index in [0.717, 1.165) is 0 Å². The molecule has 0 bridgehead atoms. The second-order valence-corrected chi connectivity index (χ2v) is 12.4. The molecule has 1 aliphatic heterocycles. The third kappa shape index (κ3) is 7.48. The van der Waals surface area contributed by atoms with Crippen LogP contribution in [0.5, 0.6) is 92.0 Å². The Balaban J connectivity index is 1.16. The first-order valence-electron chi connectivity index (χ1n) is 17.9. The lowest BCUT2D eigenvalue weighted by atomic mass is 10.2. The number of ether oxygens (including phenoxy) is 8. The zero-order valence-electron chi connectivity index (χ0n) is 29.7. The fourth-order valence-electron chi connectivity index (χ4n) is 5.90. The first kappa shape index (κ1) is 34.0. The summed E-state index contributed by atoms with van der Waals surface area (Å²) in [5.41, 5.74) is 0. The molecule has 8 aromatic carbocycles. The second-order valence-electron chi connectivity index (χ2n) is 12.4. The molecule has 0 aromatic heterocycles. The molecule has 0 spiro atoms. The van der Waals surface area contributed by atoms with E-state index < -0.39 is 0 Å². The highest BCUT2D eigenvalue weighted by Gasteiger charge is 2.19. The number of fused-ring (bicyclic) bond motifs is 8. The van der Waals surface area contributed by atoms with Gasteiger partial charge in [-0.2, -0.15) is 0 Å². The zero-order chi connectivity index (χ0) is 37.5. The Morgan fingerprint density at radius 2 is 0.196 bits per heavy atom. The normalized spacial score (nSPS) is 12.0. The highest BCUT2D eigenvalue weighted by molar-refractivity contribution is 5.57. The molecular formula is C48H32O8. The Morgan fingerprint density at radius 3 is 0.268 bits per heavy atom. The van der Waals surface area contributed by atoms with Crippen LogP contribution in [0.3, 0.4) is 0 Å². The Hall–Kier alpha value is -7.84. The van der Waals surface area contributed by atoms with Gasteiger partial charge in [-0.25, -0.2) is 0 Å². The van der Waals surface area contributed by atoms with Crippen LogP contribution in [0.2, 0.25) is 0 Å². The van der Waals surface area contributed by atoms with E-state index in [2.05, 4.69) is 0 Å². The van der Waals surface area contributed by atoms with E-state index in [4.69, 9.17) is 37.9 Å². The summed E-state index contributed by atoms with van der Waals surface area (Å²) in [4.78, 5) is 0. The predicted molar refractivity (Wildman–Crippen MR) is 212 cm³/mol.